The number of carbonyl (C=O) groups is 1. The van der Waals surface area contributed by atoms with E-state index in [1.165, 1.54) is 7.11 Å². The summed E-state index contributed by atoms with van der Waals surface area (Å²) in [5, 5.41) is 0. The molecule has 0 radical (unpaired) electrons. The van der Waals surface area contributed by atoms with Crippen molar-refractivity contribution in [2.45, 2.75) is 11.8 Å². The van der Waals surface area contributed by atoms with Crippen LogP contribution in [0.5, 0.6) is 5.75 Å². The molecule has 110 valence electrons. The summed E-state index contributed by atoms with van der Waals surface area (Å²) in [7, 11) is 0.150. The summed E-state index contributed by atoms with van der Waals surface area (Å²) in [5.41, 5.74) is 1.47. The van der Waals surface area contributed by atoms with E-state index >= 15 is 0 Å². The average Bonchev–Trinajstić information content (AvgIpc) is 2.46. The van der Waals surface area contributed by atoms with Crippen molar-refractivity contribution in [1.29, 1.82) is 0 Å². The van der Waals surface area contributed by atoms with Gasteiger partial charge in [0.05, 0.1) is 29.2 Å². The number of methoxy groups -OCH3 is 1. The highest BCUT2D eigenvalue weighted by molar-refractivity contribution is 9.10. The first-order valence-electron chi connectivity index (χ1n) is 6.33. The smallest absolute Gasteiger partial charge is 0.179 e. The minimum absolute atomic E-state index is 0.0596. The highest BCUT2D eigenvalue weighted by atomic mass is 79.9. The fourth-order valence-corrected chi connectivity index (χ4v) is 3.52. The molecule has 0 bridgehead atoms. The number of hydrogen-bond acceptors (Lipinski definition) is 3. The number of benzene rings is 2. The van der Waals surface area contributed by atoms with Crippen molar-refractivity contribution in [2.24, 2.45) is 0 Å². The van der Waals surface area contributed by atoms with Crippen LogP contribution in [0.25, 0.3) is 0 Å². The molecule has 21 heavy (non-hydrogen) atoms. The third-order valence-corrected chi connectivity index (χ3v) is 4.78. The lowest BCUT2D eigenvalue weighted by molar-refractivity contribution is 0.101. The molecule has 0 saturated heterocycles. The normalized spacial score (nSPS) is 12.0. The third-order valence-electron chi connectivity index (χ3n) is 2.98. The molecule has 0 saturated carbocycles. The van der Waals surface area contributed by atoms with Crippen LogP contribution in [0.1, 0.15) is 15.9 Å². The molecule has 0 heterocycles. The summed E-state index contributed by atoms with van der Waals surface area (Å²) >= 11 is 3.33. The Kier molecular flexibility index (Phi) is 5.31. The van der Waals surface area contributed by atoms with Crippen LogP contribution in [0.2, 0.25) is 0 Å². The van der Waals surface area contributed by atoms with E-state index in [2.05, 4.69) is 15.9 Å². The number of hydrogen-bond donors (Lipinski definition) is 0. The van der Waals surface area contributed by atoms with Crippen LogP contribution in [-0.2, 0) is 10.8 Å². The van der Waals surface area contributed by atoms with Gasteiger partial charge in [0.15, 0.2) is 5.78 Å². The van der Waals surface area contributed by atoms with E-state index in [4.69, 9.17) is 4.74 Å². The van der Waals surface area contributed by atoms with Gasteiger partial charge in [0.25, 0.3) is 0 Å². The van der Waals surface area contributed by atoms with Crippen LogP contribution >= 0.6 is 15.9 Å². The second-order valence-corrected chi connectivity index (χ2v) is 6.94. The van der Waals surface area contributed by atoms with Gasteiger partial charge in [-0.1, -0.05) is 28.1 Å². The molecule has 2 rings (SSSR count). The quantitative estimate of drug-likeness (QED) is 0.756. The molecular formula is C16H15BrO3S. The Labute approximate surface area is 134 Å². The summed E-state index contributed by atoms with van der Waals surface area (Å²) in [6.45, 7) is 1.93. The van der Waals surface area contributed by atoms with Gasteiger partial charge in [0.2, 0.25) is 0 Å². The van der Waals surface area contributed by atoms with Crippen molar-refractivity contribution in [3.05, 3.63) is 58.1 Å². The minimum atomic E-state index is -1.37. The molecule has 1 atom stereocenters. The Morgan fingerprint density at radius 2 is 2.00 bits per heavy atom. The second-order valence-electron chi connectivity index (χ2n) is 4.57. The van der Waals surface area contributed by atoms with Gasteiger partial charge in [-0.05, 0) is 42.8 Å². The Bertz CT molecular complexity index is 698. The molecule has 5 heteroatoms. The molecule has 0 aliphatic carbocycles. The van der Waals surface area contributed by atoms with Crippen LogP contribution in [0.3, 0.4) is 0 Å². The van der Waals surface area contributed by atoms with Crippen LogP contribution in [0, 0.1) is 6.92 Å². The van der Waals surface area contributed by atoms with Crippen molar-refractivity contribution in [1.82, 2.24) is 0 Å². The van der Waals surface area contributed by atoms with Crippen LogP contribution in [0.4, 0.5) is 0 Å². The molecule has 2 aromatic carbocycles. The first-order valence-corrected chi connectivity index (χ1v) is 8.44. The maximum absolute atomic E-state index is 12.3. The van der Waals surface area contributed by atoms with E-state index in [9.17, 15) is 9.00 Å². The van der Waals surface area contributed by atoms with Crippen molar-refractivity contribution >= 4 is 32.5 Å². The topological polar surface area (TPSA) is 43.4 Å². The van der Waals surface area contributed by atoms with Crippen LogP contribution < -0.4 is 4.74 Å². The molecule has 0 N–H and O–H groups in total. The van der Waals surface area contributed by atoms with Crippen molar-refractivity contribution < 1.29 is 13.7 Å². The lowest BCUT2D eigenvalue weighted by Crippen LogP contribution is -2.12. The Hall–Kier alpha value is -1.46. The lowest BCUT2D eigenvalue weighted by Gasteiger charge is -2.08. The molecule has 1 unspecified atom stereocenters. The predicted octanol–water partition coefficient (Wildman–Crippen LogP) is 3.76. The number of carbonyl (C=O) groups excluding carboxylic acids is 1. The average molecular weight is 367 g/mol. The molecule has 0 amide bonds. The number of rotatable bonds is 5. The predicted molar refractivity (Wildman–Crippen MR) is 87.5 cm³/mol. The largest absolute Gasteiger partial charge is 0.496 e. The molecule has 2 aromatic rings. The molecule has 0 aliphatic heterocycles. The van der Waals surface area contributed by atoms with Crippen LogP contribution in [-0.4, -0.2) is 22.9 Å². The van der Waals surface area contributed by atoms with Gasteiger partial charge in [0, 0.05) is 9.37 Å². The van der Waals surface area contributed by atoms with Crippen molar-refractivity contribution in [3.8, 4) is 5.75 Å². The second kappa shape index (κ2) is 7.00. The third kappa shape index (κ3) is 4.02. The molecule has 0 fully saturated rings. The van der Waals surface area contributed by atoms with E-state index in [0.717, 1.165) is 10.0 Å². The fraction of sp³-hybridized carbons (Fsp3) is 0.188. The first kappa shape index (κ1) is 15.9. The van der Waals surface area contributed by atoms with Gasteiger partial charge in [-0.15, -0.1) is 0 Å². The van der Waals surface area contributed by atoms with Gasteiger partial charge in [-0.3, -0.25) is 9.00 Å². The molecular weight excluding hydrogens is 352 g/mol. The molecule has 0 aliphatic rings. The zero-order valence-electron chi connectivity index (χ0n) is 11.8. The number of ketones is 1. The highest BCUT2D eigenvalue weighted by Gasteiger charge is 2.16. The zero-order valence-corrected chi connectivity index (χ0v) is 14.2. The standard InChI is InChI=1S/C16H15BrO3S/c1-11-6-7-14(16(8-11)20-2)15(18)10-21(19)13-5-3-4-12(17)9-13/h3-9H,10H2,1-2H3. The lowest BCUT2D eigenvalue weighted by atomic mass is 10.1. The van der Waals surface area contributed by atoms with Gasteiger partial charge >= 0.3 is 0 Å². The van der Waals surface area contributed by atoms with E-state index in [-0.39, 0.29) is 11.5 Å². The van der Waals surface area contributed by atoms with Crippen LogP contribution in [0.15, 0.2) is 51.8 Å². The summed E-state index contributed by atoms with van der Waals surface area (Å²) in [6, 6.07) is 12.5. The fourth-order valence-electron chi connectivity index (χ4n) is 1.92. The highest BCUT2D eigenvalue weighted by Crippen LogP contribution is 2.22. The van der Waals surface area contributed by atoms with Gasteiger partial charge < -0.3 is 4.74 Å². The van der Waals surface area contributed by atoms with E-state index < -0.39 is 10.8 Å². The number of aryl methyl sites for hydroxylation is 1. The van der Waals surface area contributed by atoms with E-state index in [1.807, 2.05) is 19.1 Å². The number of Topliss-reactive ketones (excluding diaryl/α,β-unsaturated/α-hetero) is 1. The number of ether oxygens (including phenoxy) is 1. The van der Waals surface area contributed by atoms with Crippen molar-refractivity contribution in [3.63, 3.8) is 0 Å². The summed E-state index contributed by atoms with van der Waals surface area (Å²) < 4.78 is 18.3. The first-order chi connectivity index (χ1) is 10.0. The summed E-state index contributed by atoms with van der Waals surface area (Å²) in [6.07, 6.45) is 0. The number of halogens is 1. The maximum Gasteiger partial charge on any atom is 0.179 e. The Morgan fingerprint density at radius 3 is 2.67 bits per heavy atom. The monoisotopic (exact) mass is 366 g/mol. The minimum Gasteiger partial charge on any atom is -0.496 e. The SMILES string of the molecule is COc1cc(C)ccc1C(=O)CS(=O)c1cccc(Br)c1. The van der Waals surface area contributed by atoms with Gasteiger partial charge in [-0.25, -0.2) is 0 Å². The van der Waals surface area contributed by atoms with Gasteiger partial charge in [0.1, 0.15) is 5.75 Å². The molecule has 0 spiro atoms. The van der Waals surface area contributed by atoms with Gasteiger partial charge in [-0.2, -0.15) is 0 Å². The molecule has 0 aromatic heterocycles. The zero-order chi connectivity index (χ0) is 15.4. The van der Waals surface area contributed by atoms with E-state index in [0.29, 0.717) is 16.2 Å². The summed E-state index contributed by atoms with van der Waals surface area (Å²) in [5.74, 6) is 0.270. The molecule has 3 nitrogen and oxygen atoms in total. The van der Waals surface area contributed by atoms with E-state index in [1.54, 1.807) is 30.3 Å². The Morgan fingerprint density at radius 1 is 1.24 bits per heavy atom. The van der Waals surface area contributed by atoms with Crippen molar-refractivity contribution in [2.75, 3.05) is 12.9 Å². The maximum atomic E-state index is 12.3. The Balaban J connectivity index is 2.20. The summed E-state index contributed by atoms with van der Waals surface area (Å²) in [4.78, 5) is 12.9.